The van der Waals surface area contributed by atoms with Gasteiger partial charge in [-0.25, -0.2) is 4.98 Å². The van der Waals surface area contributed by atoms with Crippen LogP contribution in [0, 0.1) is 0 Å². The van der Waals surface area contributed by atoms with Crippen molar-refractivity contribution < 1.29 is 9.47 Å². The van der Waals surface area contributed by atoms with Crippen molar-refractivity contribution in [3.05, 3.63) is 75.2 Å². The quantitative estimate of drug-likeness (QED) is 0.326. The molecule has 3 aromatic carbocycles. The Labute approximate surface area is 194 Å². The number of fused-ring (bicyclic) bond motifs is 2. The maximum Gasteiger partial charge on any atom is 0.161 e. The van der Waals surface area contributed by atoms with E-state index in [0.717, 1.165) is 52.7 Å². The molecule has 5 rings (SSSR count). The molecule has 2 heterocycles. The molecule has 0 N–H and O–H groups in total. The predicted molar refractivity (Wildman–Crippen MR) is 130 cm³/mol. The summed E-state index contributed by atoms with van der Waals surface area (Å²) in [6.07, 6.45) is 1.01. The highest BCUT2D eigenvalue weighted by Crippen LogP contribution is 2.34. The molecule has 4 nitrogen and oxygen atoms in total. The Morgan fingerprint density at radius 2 is 1.71 bits per heavy atom. The van der Waals surface area contributed by atoms with E-state index in [4.69, 9.17) is 14.5 Å². The molecule has 0 bridgehead atoms. The highest BCUT2D eigenvalue weighted by Gasteiger charge is 2.20. The van der Waals surface area contributed by atoms with E-state index in [1.807, 2.05) is 0 Å². The minimum atomic E-state index is 0.794. The van der Waals surface area contributed by atoms with Gasteiger partial charge >= 0.3 is 0 Å². The summed E-state index contributed by atoms with van der Waals surface area (Å²) < 4.78 is 12.0. The summed E-state index contributed by atoms with van der Waals surface area (Å²) in [5, 5.41) is 5.72. The van der Waals surface area contributed by atoms with Crippen molar-refractivity contribution in [1.82, 2.24) is 9.88 Å². The predicted octanol–water partition coefficient (Wildman–Crippen LogP) is 6.30. The molecular formula is C25H23BrN2O2S. The van der Waals surface area contributed by atoms with Gasteiger partial charge in [0.2, 0.25) is 0 Å². The molecule has 1 aliphatic rings. The summed E-state index contributed by atoms with van der Waals surface area (Å²) in [5.74, 6) is 1.60. The summed E-state index contributed by atoms with van der Waals surface area (Å²) >= 11 is 5.26. The number of halogens is 1. The van der Waals surface area contributed by atoms with E-state index in [2.05, 4.69) is 74.7 Å². The Kier molecular flexibility index (Phi) is 5.69. The number of rotatable bonds is 5. The Morgan fingerprint density at radius 1 is 0.968 bits per heavy atom. The van der Waals surface area contributed by atoms with Gasteiger partial charge in [0, 0.05) is 35.1 Å². The lowest BCUT2D eigenvalue weighted by atomic mass is 9.98. The third kappa shape index (κ3) is 4.20. The highest BCUT2D eigenvalue weighted by atomic mass is 79.9. The normalized spacial score (nSPS) is 13.9. The van der Waals surface area contributed by atoms with Crippen molar-refractivity contribution in [1.29, 1.82) is 0 Å². The second-order valence-electron chi connectivity index (χ2n) is 7.79. The van der Waals surface area contributed by atoms with Gasteiger partial charge < -0.3 is 9.47 Å². The zero-order valence-electron chi connectivity index (χ0n) is 17.5. The van der Waals surface area contributed by atoms with Gasteiger partial charge in [-0.15, -0.1) is 11.3 Å². The van der Waals surface area contributed by atoms with Gasteiger partial charge in [0.05, 0.1) is 19.9 Å². The van der Waals surface area contributed by atoms with Crippen LogP contribution in [0.1, 0.15) is 16.8 Å². The number of ether oxygens (including phenoxy) is 2. The first kappa shape index (κ1) is 20.5. The van der Waals surface area contributed by atoms with Crippen LogP contribution in [0.5, 0.6) is 11.5 Å². The van der Waals surface area contributed by atoms with Crippen molar-refractivity contribution in [2.75, 3.05) is 20.8 Å². The molecule has 158 valence electrons. The largest absolute Gasteiger partial charge is 0.493 e. The molecule has 31 heavy (non-hydrogen) atoms. The zero-order valence-corrected chi connectivity index (χ0v) is 19.9. The Morgan fingerprint density at radius 3 is 2.52 bits per heavy atom. The van der Waals surface area contributed by atoms with E-state index in [9.17, 15) is 0 Å². The number of hydrogen-bond donors (Lipinski definition) is 0. The smallest absolute Gasteiger partial charge is 0.161 e. The van der Waals surface area contributed by atoms with Crippen molar-refractivity contribution >= 4 is 38.0 Å². The van der Waals surface area contributed by atoms with Crippen molar-refractivity contribution in [3.63, 3.8) is 0 Å². The summed E-state index contributed by atoms with van der Waals surface area (Å²) in [7, 11) is 3.38. The van der Waals surface area contributed by atoms with Crippen LogP contribution in [-0.4, -0.2) is 30.6 Å². The Hall–Kier alpha value is -2.41. The van der Waals surface area contributed by atoms with Crippen LogP contribution >= 0.6 is 27.3 Å². The monoisotopic (exact) mass is 494 g/mol. The Balaban J connectivity index is 1.33. The summed E-state index contributed by atoms with van der Waals surface area (Å²) in [6.45, 7) is 2.76. The van der Waals surface area contributed by atoms with Crippen LogP contribution in [0.25, 0.3) is 21.3 Å². The van der Waals surface area contributed by atoms with Crippen LogP contribution < -0.4 is 9.47 Å². The first-order valence-corrected chi connectivity index (χ1v) is 11.9. The molecule has 0 fully saturated rings. The van der Waals surface area contributed by atoms with Crippen molar-refractivity contribution in [2.45, 2.75) is 19.5 Å². The van der Waals surface area contributed by atoms with Crippen molar-refractivity contribution in [3.8, 4) is 22.1 Å². The molecular weight excluding hydrogens is 472 g/mol. The van der Waals surface area contributed by atoms with Crippen LogP contribution in [0.15, 0.2) is 58.4 Å². The minimum Gasteiger partial charge on any atom is -0.493 e. The highest BCUT2D eigenvalue weighted by molar-refractivity contribution is 9.10. The fourth-order valence-electron chi connectivity index (χ4n) is 4.17. The molecule has 0 aliphatic carbocycles. The minimum absolute atomic E-state index is 0.794. The summed E-state index contributed by atoms with van der Waals surface area (Å²) in [4.78, 5) is 7.39. The fourth-order valence-corrected chi connectivity index (χ4v) is 5.35. The zero-order chi connectivity index (χ0) is 21.4. The number of nitrogens with zero attached hydrogens (tertiary/aromatic N) is 2. The van der Waals surface area contributed by atoms with Crippen LogP contribution in [0.3, 0.4) is 0 Å². The lowest BCUT2D eigenvalue weighted by molar-refractivity contribution is 0.242. The van der Waals surface area contributed by atoms with Gasteiger partial charge in [-0.1, -0.05) is 34.1 Å². The molecule has 1 aromatic heterocycles. The van der Waals surface area contributed by atoms with E-state index in [1.54, 1.807) is 25.6 Å². The lowest BCUT2D eigenvalue weighted by Crippen LogP contribution is -2.30. The summed E-state index contributed by atoms with van der Waals surface area (Å²) in [5.41, 5.74) is 4.95. The molecule has 1 aliphatic heterocycles. The number of thiazole rings is 1. The van der Waals surface area contributed by atoms with Gasteiger partial charge in [0.15, 0.2) is 11.5 Å². The second-order valence-corrected chi connectivity index (χ2v) is 9.56. The average molecular weight is 495 g/mol. The molecule has 0 radical (unpaired) electrons. The van der Waals surface area contributed by atoms with Gasteiger partial charge in [-0.3, -0.25) is 4.90 Å². The number of aromatic nitrogens is 1. The molecule has 0 saturated carbocycles. The molecule has 0 unspecified atom stereocenters. The lowest BCUT2D eigenvalue weighted by Gasteiger charge is -2.29. The molecule has 0 amide bonds. The molecule has 6 heteroatoms. The van der Waals surface area contributed by atoms with Crippen LogP contribution in [0.2, 0.25) is 0 Å². The number of benzene rings is 3. The molecule has 4 aromatic rings. The van der Waals surface area contributed by atoms with Gasteiger partial charge in [-0.2, -0.15) is 0 Å². The third-order valence-corrected chi connectivity index (χ3v) is 7.22. The second kappa shape index (κ2) is 8.61. The number of methoxy groups -OCH3 is 2. The first-order valence-electron chi connectivity index (χ1n) is 10.2. The topological polar surface area (TPSA) is 34.6 Å². The van der Waals surface area contributed by atoms with Crippen LogP contribution in [0.4, 0.5) is 0 Å². The number of hydrogen-bond acceptors (Lipinski definition) is 5. The third-order valence-electron chi connectivity index (χ3n) is 5.78. The average Bonchev–Trinajstić information content (AvgIpc) is 3.26. The fraction of sp³-hybridized carbons (Fsp3) is 0.240. The van der Waals surface area contributed by atoms with Crippen molar-refractivity contribution in [2.24, 2.45) is 0 Å². The van der Waals surface area contributed by atoms with Gasteiger partial charge in [-0.05, 0) is 58.7 Å². The molecule has 0 saturated heterocycles. The maximum atomic E-state index is 5.49. The Bertz CT molecular complexity index is 1250. The molecule has 0 atom stereocenters. The van der Waals surface area contributed by atoms with Crippen LogP contribution in [-0.2, 0) is 19.5 Å². The van der Waals surface area contributed by atoms with E-state index in [-0.39, 0.29) is 0 Å². The van der Waals surface area contributed by atoms with Gasteiger partial charge in [0.1, 0.15) is 5.01 Å². The summed E-state index contributed by atoms with van der Waals surface area (Å²) in [6, 6.07) is 17.1. The van der Waals surface area contributed by atoms with E-state index < -0.39 is 0 Å². The first-order chi connectivity index (χ1) is 15.1. The van der Waals surface area contributed by atoms with E-state index in [1.165, 1.54) is 27.5 Å². The van der Waals surface area contributed by atoms with E-state index in [0.29, 0.717) is 0 Å². The SMILES string of the molecule is COc1cc2c(cc1OC)CN(Cc1csc(-c3ccc4cc(Br)ccc4c3)n1)CC2. The standard InChI is InChI=1S/C25H23BrN2O2S/c1-29-23-11-18-7-8-28(13-20(18)12-24(23)30-2)14-22-15-31-25(27-22)19-4-3-17-10-21(26)6-5-16(17)9-19/h3-6,9-12,15H,7-8,13-14H2,1-2H3. The van der Waals surface area contributed by atoms with E-state index >= 15 is 0 Å². The maximum absolute atomic E-state index is 5.49. The molecule has 0 spiro atoms. The van der Waals surface area contributed by atoms with Gasteiger partial charge in [0.25, 0.3) is 0 Å².